The Balaban J connectivity index is 1.59. The highest BCUT2D eigenvalue weighted by Gasteiger charge is 2.11. The average Bonchev–Trinajstić information content (AvgIpc) is 2.72. The average molecular weight is 427 g/mol. The second-order valence-corrected chi connectivity index (χ2v) is 8.15. The second-order valence-electron chi connectivity index (χ2n) is 6.82. The number of anilines is 1. The Bertz CT molecular complexity index is 964. The van der Waals surface area contributed by atoms with Gasteiger partial charge in [-0.2, -0.15) is 0 Å². The van der Waals surface area contributed by atoms with E-state index in [1.807, 2.05) is 80.5 Å². The fourth-order valence-electron chi connectivity index (χ4n) is 2.68. The lowest BCUT2D eigenvalue weighted by Gasteiger charge is -2.14. The maximum atomic E-state index is 12.5. The lowest BCUT2D eigenvalue weighted by molar-refractivity contribution is 0.0940. The van der Waals surface area contributed by atoms with E-state index in [0.29, 0.717) is 21.6 Å². The van der Waals surface area contributed by atoms with Crippen molar-refractivity contribution >= 4 is 35.1 Å². The molecule has 1 atom stereocenters. The van der Waals surface area contributed by atoms with Gasteiger partial charge in [0.1, 0.15) is 11.0 Å². The molecule has 7 heteroatoms. The van der Waals surface area contributed by atoms with Gasteiger partial charge in [0.25, 0.3) is 5.91 Å². The molecule has 0 radical (unpaired) electrons. The largest absolute Gasteiger partial charge is 0.363 e. The maximum Gasteiger partial charge on any atom is 0.251 e. The third-order valence-electron chi connectivity index (χ3n) is 4.35. The molecule has 5 nitrogen and oxygen atoms in total. The van der Waals surface area contributed by atoms with Crippen LogP contribution < -0.4 is 10.2 Å². The van der Waals surface area contributed by atoms with E-state index in [1.165, 1.54) is 11.8 Å². The lowest BCUT2D eigenvalue weighted by Crippen LogP contribution is -2.26. The molecule has 3 aromatic rings. The fourth-order valence-corrected chi connectivity index (χ4v) is 3.72. The zero-order chi connectivity index (χ0) is 20.8. The summed E-state index contributed by atoms with van der Waals surface area (Å²) in [7, 11) is 3.82. The Morgan fingerprint density at radius 3 is 2.45 bits per heavy atom. The van der Waals surface area contributed by atoms with Crippen molar-refractivity contribution < 1.29 is 4.79 Å². The molecule has 0 aliphatic carbocycles. The van der Waals surface area contributed by atoms with Gasteiger partial charge in [-0.05, 0) is 30.2 Å². The van der Waals surface area contributed by atoms with Gasteiger partial charge in [-0.15, -0.1) is 0 Å². The highest BCUT2D eigenvalue weighted by Crippen LogP contribution is 2.24. The monoisotopic (exact) mass is 426 g/mol. The molecule has 3 rings (SSSR count). The van der Waals surface area contributed by atoms with Gasteiger partial charge in [0, 0.05) is 31.5 Å². The van der Waals surface area contributed by atoms with E-state index in [1.54, 1.807) is 6.07 Å². The number of benzene rings is 2. The van der Waals surface area contributed by atoms with Crippen LogP contribution >= 0.6 is 23.4 Å². The van der Waals surface area contributed by atoms with Crippen LogP contribution in [-0.2, 0) is 5.75 Å². The summed E-state index contributed by atoms with van der Waals surface area (Å²) in [4.78, 5) is 23.1. The van der Waals surface area contributed by atoms with E-state index in [2.05, 4.69) is 15.3 Å². The predicted octanol–water partition coefficient (Wildman–Crippen LogP) is 4.98. The van der Waals surface area contributed by atoms with Gasteiger partial charge >= 0.3 is 0 Å². The van der Waals surface area contributed by atoms with Crippen LogP contribution in [0.3, 0.4) is 0 Å². The molecule has 0 aliphatic heterocycles. The molecule has 1 unspecified atom stereocenters. The molecule has 0 bridgehead atoms. The number of carbonyl (C=O) groups is 1. The molecule has 0 aliphatic rings. The number of halogens is 1. The van der Waals surface area contributed by atoms with Crippen molar-refractivity contribution in [2.75, 3.05) is 19.0 Å². The molecule has 0 spiro atoms. The highest BCUT2D eigenvalue weighted by atomic mass is 35.5. The molecule has 150 valence electrons. The summed E-state index contributed by atoms with van der Waals surface area (Å²) in [5, 5.41) is 4.08. The highest BCUT2D eigenvalue weighted by molar-refractivity contribution is 7.98. The number of nitrogens with zero attached hydrogens (tertiary/aromatic N) is 3. The van der Waals surface area contributed by atoms with Gasteiger partial charge in [0.2, 0.25) is 0 Å². The lowest BCUT2D eigenvalue weighted by atomic mass is 10.1. The molecule has 1 aromatic heterocycles. The normalized spacial score (nSPS) is 11.7. The summed E-state index contributed by atoms with van der Waals surface area (Å²) in [6.45, 7) is 1.98. The van der Waals surface area contributed by atoms with Gasteiger partial charge in [-0.3, -0.25) is 4.79 Å². The van der Waals surface area contributed by atoms with Gasteiger partial charge in [-0.1, -0.05) is 65.8 Å². The van der Waals surface area contributed by atoms with E-state index in [-0.39, 0.29) is 11.9 Å². The van der Waals surface area contributed by atoms with E-state index < -0.39 is 0 Å². The number of amides is 1. The van der Waals surface area contributed by atoms with Crippen molar-refractivity contribution in [1.29, 1.82) is 0 Å². The van der Waals surface area contributed by atoms with Crippen molar-refractivity contribution in [1.82, 2.24) is 15.3 Å². The van der Waals surface area contributed by atoms with Gasteiger partial charge in [0.15, 0.2) is 5.16 Å². The number of hydrogen-bond donors (Lipinski definition) is 1. The minimum Gasteiger partial charge on any atom is -0.363 e. The molecule has 0 saturated carbocycles. The zero-order valence-corrected chi connectivity index (χ0v) is 18.2. The van der Waals surface area contributed by atoms with Gasteiger partial charge in [-0.25, -0.2) is 9.97 Å². The van der Waals surface area contributed by atoms with Crippen molar-refractivity contribution in [3.63, 3.8) is 0 Å². The summed E-state index contributed by atoms with van der Waals surface area (Å²) in [5.41, 5.74) is 2.79. The van der Waals surface area contributed by atoms with E-state index >= 15 is 0 Å². The quantitative estimate of drug-likeness (QED) is 0.328. The molecular formula is C22H23ClN4OS. The molecule has 2 aromatic carbocycles. The third kappa shape index (κ3) is 5.95. The molecule has 1 amide bonds. The molecule has 1 N–H and O–H groups in total. The summed E-state index contributed by atoms with van der Waals surface area (Å²) < 4.78 is 0. The Morgan fingerprint density at radius 2 is 1.79 bits per heavy atom. The number of nitrogens with one attached hydrogen (secondary N) is 1. The predicted molar refractivity (Wildman–Crippen MR) is 120 cm³/mol. The summed E-state index contributed by atoms with van der Waals surface area (Å²) in [6.07, 6.45) is 0. The maximum absolute atomic E-state index is 12.5. The number of rotatable bonds is 7. The molecule has 0 fully saturated rings. The smallest absolute Gasteiger partial charge is 0.251 e. The third-order valence-corrected chi connectivity index (χ3v) is 5.46. The topological polar surface area (TPSA) is 58.1 Å². The first-order valence-corrected chi connectivity index (χ1v) is 10.6. The van der Waals surface area contributed by atoms with Crippen molar-refractivity contribution in [3.05, 3.63) is 82.5 Å². The van der Waals surface area contributed by atoms with Gasteiger partial charge < -0.3 is 10.2 Å². The molecular weight excluding hydrogens is 404 g/mol. The van der Waals surface area contributed by atoms with Crippen molar-refractivity contribution in [3.8, 4) is 0 Å². The van der Waals surface area contributed by atoms with Crippen LogP contribution in [0.4, 0.5) is 5.82 Å². The van der Waals surface area contributed by atoms with Gasteiger partial charge in [0.05, 0.1) is 6.04 Å². The molecule has 29 heavy (non-hydrogen) atoms. The number of hydrogen-bond acceptors (Lipinski definition) is 5. The molecule has 1 heterocycles. The standard InChI is InChI=1S/C22H23ClN4OS/c1-15(17-7-5-4-6-8-17)24-21(28)18-11-9-16(10-12-18)14-29-22-25-19(23)13-20(26-22)27(2)3/h4-13,15H,14H2,1-3H3,(H,24,28). The van der Waals surface area contributed by atoms with Crippen LogP contribution in [0.25, 0.3) is 0 Å². The number of thioether (sulfide) groups is 1. The second kappa shape index (κ2) is 9.76. The summed E-state index contributed by atoms with van der Waals surface area (Å²) >= 11 is 7.59. The fraction of sp³-hybridized carbons (Fsp3) is 0.227. The number of aromatic nitrogens is 2. The Morgan fingerprint density at radius 1 is 1.10 bits per heavy atom. The summed E-state index contributed by atoms with van der Waals surface area (Å²) in [5.74, 6) is 1.37. The Labute approximate surface area is 180 Å². The minimum atomic E-state index is -0.0886. The van der Waals surface area contributed by atoms with Crippen LogP contribution in [0.1, 0.15) is 34.5 Å². The first-order chi connectivity index (χ1) is 13.9. The van der Waals surface area contributed by atoms with Crippen molar-refractivity contribution in [2.45, 2.75) is 23.9 Å². The van der Waals surface area contributed by atoms with E-state index in [0.717, 1.165) is 16.9 Å². The Kier molecular flexibility index (Phi) is 7.12. The van der Waals surface area contributed by atoms with Crippen molar-refractivity contribution in [2.24, 2.45) is 0 Å². The van der Waals surface area contributed by atoms with E-state index in [4.69, 9.17) is 11.6 Å². The molecule has 0 saturated heterocycles. The minimum absolute atomic E-state index is 0.0511. The zero-order valence-electron chi connectivity index (χ0n) is 16.6. The first kappa shape index (κ1) is 21.1. The SMILES string of the molecule is CC(NC(=O)c1ccc(CSc2nc(Cl)cc(N(C)C)n2)cc1)c1ccccc1. The number of carbonyl (C=O) groups excluding carboxylic acids is 1. The van der Waals surface area contributed by atoms with Crippen LogP contribution in [-0.4, -0.2) is 30.0 Å². The Hall–Kier alpha value is -2.57. The van der Waals surface area contributed by atoms with E-state index in [9.17, 15) is 4.79 Å². The van der Waals surface area contributed by atoms with Crippen LogP contribution in [0.5, 0.6) is 0 Å². The summed E-state index contributed by atoms with van der Waals surface area (Å²) in [6, 6.07) is 19.2. The first-order valence-electron chi connectivity index (χ1n) is 9.22. The van der Waals surface area contributed by atoms with Crippen LogP contribution in [0.15, 0.2) is 65.8 Å². The van der Waals surface area contributed by atoms with Crippen LogP contribution in [0.2, 0.25) is 5.15 Å². The van der Waals surface area contributed by atoms with Crippen LogP contribution in [0, 0.1) is 0 Å².